The molecule has 3 N–H and O–H groups in total. The summed E-state index contributed by atoms with van der Waals surface area (Å²) >= 11 is 0. The number of nitrogens with two attached hydrogens (primary N) is 1. The quantitative estimate of drug-likeness (QED) is 0.729. The number of rotatable bonds is 2. The van der Waals surface area contributed by atoms with Crippen LogP contribution in [0.3, 0.4) is 0 Å². The smallest absolute Gasteiger partial charge is 0.224 e. The second-order valence-corrected chi connectivity index (χ2v) is 4.30. The van der Waals surface area contributed by atoms with Gasteiger partial charge in [-0.05, 0) is 24.6 Å². The third kappa shape index (κ3) is 1.89. The molecule has 98 valence electrons. The maximum Gasteiger partial charge on any atom is 0.224 e. The van der Waals surface area contributed by atoms with Gasteiger partial charge in [-0.3, -0.25) is 0 Å². The van der Waals surface area contributed by atoms with E-state index < -0.39 is 0 Å². The Kier molecular flexibility index (Phi) is 2.69. The van der Waals surface area contributed by atoms with E-state index in [4.69, 9.17) is 5.73 Å². The normalized spacial score (nSPS) is 10.4. The first-order valence-electron chi connectivity index (χ1n) is 5.92. The molecule has 0 radical (unpaired) electrons. The molecule has 20 heavy (non-hydrogen) atoms. The highest BCUT2D eigenvalue weighted by atomic mass is 15.4. The van der Waals surface area contributed by atoms with E-state index in [0.717, 1.165) is 11.3 Å². The van der Waals surface area contributed by atoms with Crippen molar-refractivity contribution >= 4 is 23.1 Å². The predicted octanol–water partition coefficient (Wildman–Crippen LogP) is 1.63. The Hall–Kier alpha value is -3.14. The van der Waals surface area contributed by atoms with Gasteiger partial charge in [-0.2, -0.15) is 9.78 Å². The van der Waals surface area contributed by atoms with Crippen LogP contribution in [0.1, 0.15) is 11.1 Å². The van der Waals surface area contributed by atoms with Gasteiger partial charge in [0.2, 0.25) is 5.95 Å². The number of nitrogens with zero attached hydrogens (tertiary/aromatic N) is 5. The molecule has 1 aromatic carbocycles. The monoisotopic (exact) mass is 265 g/mol. The highest BCUT2D eigenvalue weighted by molar-refractivity contribution is 5.72. The van der Waals surface area contributed by atoms with Gasteiger partial charge in [0.1, 0.15) is 18.0 Å². The SMILES string of the molecule is Cc1cccc(Nc2nn3c(N)ncnc3c2C#N)c1. The Morgan fingerprint density at radius 2 is 2.20 bits per heavy atom. The number of anilines is 3. The molecule has 7 heteroatoms. The number of hydrogen-bond donors (Lipinski definition) is 2. The summed E-state index contributed by atoms with van der Waals surface area (Å²) in [4.78, 5) is 7.89. The van der Waals surface area contributed by atoms with Crippen LogP contribution < -0.4 is 11.1 Å². The van der Waals surface area contributed by atoms with E-state index in [1.165, 1.54) is 10.8 Å². The summed E-state index contributed by atoms with van der Waals surface area (Å²) in [7, 11) is 0. The van der Waals surface area contributed by atoms with Gasteiger partial charge in [0, 0.05) is 5.69 Å². The summed E-state index contributed by atoms with van der Waals surface area (Å²) in [5.74, 6) is 0.592. The third-order valence-electron chi connectivity index (χ3n) is 2.84. The number of nitriles is 1. The van der Waals surface area contributed by atoms with Crippen molar-refractivity contribution in [1.82, 2.24) is 19.6 Å². The minimum atomic E-state index is 0.184. The second kappa shape index (κ2) is 4.51. The molecule has 0 aliphatic carbocycles. The lowest BCUT2D eigenvalue weighted by molar-refractivity contribution is 0.912. The Labute approximate surface area is 114 Å². The summed E-state index contributed by atoms with van der Waals surface area (Å²) in [6.07, 6.45) is 1.31. The van der Waals surface area contributed by atoms with Gasteiger partial charge < -0.3 is 11.1 Å². The van der Waals surface area contributed by atoms with Gasteiger partial charge in [0.15, 0.2) is 11.5 Å². The molecule has 0 unspecified atom stereocenters. The molecule has 0 saturated heterocycles. The molecule has 3 rings (SSSR count). The average molecular weight is 265 g/mol. The molecule has 3 aromatic rings. The zero-order valence-corrected chi connectivity index (χ0v) is 10.7. The van der Waals surface area contributed by atoms with E-state index in [1.807, 2.05) is 31.2 Å². The van der Waals surface area contributed by atoms with E-state index in [1.54, 1.807) is 0 Å². The molecule has 7 nitrogen and oxygen atoms in total. The number of aryl methyl sites for hydroxylation is 1. The number of hydrogen-bond acceptors (Lipinski definition) is 6. The minimum Gasteiger partial charge on any atom is -0.368 e. The number of fused-ring (bicyclic) bond motifs is 1. The lowest BCUT2D eigenvalue weighted by atomic mass is 10.2. The van der Waals surface area contributed by atoms with Crippen molar-refractivity contribution < 1.29 is 0 Å². The number of benzene rings is 1. The van der Waals surface area contributed by atoms with Crippen LogP contribution >= 0.6 is 0 Å². The molecule has 0 fully saturated rings. The maximum absolute atomic E-state index is 9.28. The van der Waals surface area contributed by atoms with Crippen LogP contribution in [-0.4, -0.2) is 19.6 Å². The Balaban J connectivity index is 2.12. The van der Waals surface area contributed by atoms with Crippen LogP contribution in [0.5, 0.6) is 0 Å². The van der Waals surface area contributed by atoms with Crippen molar-refractivity contribution in [1.29, 1.82) is 5.26 Å². The van der Waals surface area contributed by atoms with Crippen molar-refractivity contribution in [3.63, 3.8) is 0 Å². The van der Waals surface area contributed by atoms with Gasteiger partial charge in [0.25, 0.3) is 0 Å². The summed E-state index contributed by atoms with van der Waals surface area (Å²) in [5.41, 5.74) is 8.39. The lowest BCUT2D eigenvalue weighted by Crippen LogP contribution is -2.02. The molecule has 0 bridgehead atoms. The van der Waals surface area contributed by atoms with Crippen LogP contribution in [0.4, 0.5) is 17.5 Å². The third-order valence-corrected chi connectivity index (χ3v) is 2.84. The molecule has 0 aliphatic heterocycles. The van der Waals surface area contributed by atoms with Gasteiger partial charge in [-0.25, -0.2) is 9.97 Å². The molecule has 0 aliphatic rings. The number of nitrogens with one attached hydrogen (secondary N) is 1. The van der Waals surface area contributed by atoms with Crippen molar-refractivity contribution in [3.8, 4) is 6.07 Å². The van der Waals surface area contributed by atoms with Crippen LogP contribution in [0, 0.1) is 18.3 Å². The van der Waals surface area contributed by atoms with E-state index in [-0.39, 0.29) is 5.95 Å². The zero-order valence-electron chi connectivity index (χ0n) is 10.7. The van der Waals surface area contributed by atoms with E-state index in [2.05, 4.69) is 26.5 Å². The summed E-state index contributed by atoms with van der Waals surface area (Å²) in [5, 5.41) is 16.6. The summed E-state index contributed by atoms with van der Waals surface area (Å²) < 4.78 is 1.34. The Morgan fingerprint density at radius 1 is 1.35 bits per heavy atom. The van der Waals surface area contributed by atoms with Crippen molar-refractivity contribution in [2.24, 2.45) is 0 Å². The molecule has 0 saturated carbocycles. The van der Waals surface area contributed by atoms with Gasteiger partial charge >= 0.3 is 0 Å². The van der Waals surface area contributed by atoms with E-state index in [0.29, 0.717) is 17.0 Å². The fourth-order valence-corrected chi connectivity index (χ4v) is 1.94. The number of aromatic nitrogens is 4. The highest BCUT2D eigenvalue weighted by Gasteiger charge is 2.15. The van der Waals surface area contributed by atoms with Crippen molar-refractivity contribution in [3.05, 3.63) is 41.7 Å². The van der Waals surface area contributed by atoms with Crippen LogP contribution in [0.25, 0.3) is 5.65 Å². The first-order valence-corrected chi connectivity index (χ1v) is 5.92. The summed E-state index contributed by atoms with van der Waals surface area (Å²) in [6, 6.07) is 9.86. The fourth-order valence-electron chi connectivity index (χ4n) is 1.94. The zero-order chi connectivity index (χ0) is 14.1. The van der Waals surface area contributed by atoms with Crippen LogP contribution in [-0.2, 0) is 0 Å². The first-order chi connectivity index (χ1) is 9.69. The molecule has 2 aromatic heterocycles. The Morgan fingerprint density at radius 3 is 2.95 bits per heavy atom. The standard InChI is InChI=1S/C13H11N7/c1-8-3-2-4-9(5-8)18-11-10(6-14)12-16-7-17-13(15)20(12)19-11/h2-5,7H,1H3,(H,18,19)(H2,15,16,17). The first kappa shape index (κ1) is 11.9. The van der Waals surface area contributed by atoms with Crippen molar-refractivity contribution in [2.75, 3.05) is 11.1 Å². The fraction of sp³-hybridized carbons (Fsp3) is 0.0769. The molecule has 0 amide bonds. The average Bonchev–Trinajstić information content (AvgIpc) is 2.77. The molecular formula is C13H11N7. The van der Waals surface area contributed by atoms with Crippen LogP contribution in [0.2, 0.25) is 0 Å². The molecule has 2 heterocycles. The molecule has 0 spiro atoms. The topological polar surface area (TPSA) is 105 Å². The molecule has 0 atom stereocenters. The van der Waals surface area contributed by atoms with Crippen LogP contribution in [0.15, 0.2) is 30.6 Å². The minimum absolute atomic E-state index is 0.184. The van der Waals surface area contributed by atoms with Crippen molar-refractivity contribution in [2.45, 2.75) is 6.92 Å². The summed E-state index contributed by atoms with van der Waals surface area (Å²) in [6.45, 7) is 1.99. The van der Waals surface area contributed by atoms with E-state index >= 15 is 0 Å². The second-order valence-electron chi connectivity index (χ2n) is 4.30. The number of nitrogen functional groups attached to an aromatic ring is 1. The maximum atomic E-state index is 9.28. The molecular weight excluding hydrogens is 254 g/mol. The van der Waals surface area contributed by atoms with Gasteiger partial charge in [0.05, 0.1) is 0 Å². The highest BCUT2D eigenvalue weighted by Crippen LogP contribution is 2.23. The van der Waals surface area contributed by atoms with Gasteiger partial charge in [-0.15, -0.1) is 5.10 Å². The largest absolute Gasteiger partial charge is 0.368 e. The van der Waals surface area contributed by atoms with E-state index in [9.17, 15) is 5.26 Å². The van der Waals surface area contributed by atoms with Gasteiger partial charge in [-0.1, -0.05) is 12.1 Å². The lowest BCUT2D eigenvalue weighted by Gasteiger charge is -2.03. The predicted molar refractivity (Wildman–Crippen MR) is 74.4 cm³/mol. The Bertz CT molecular complexity index is 828.